The van der Waals surface area contributed by atoms with E-state index in [9.17, 15) is 14.7 Å². The second-order valence-electron chi connectivity index (χ2n) is 7.20. The number of carbonyl (C=O) groups is 2. The van der Waals surface area contributed by atoms with E-state index < -0.39 is 5.97 Å². The van der Waals surface area contributed by atoms with Crippen LogP contribution < -0.4 is 0 Å². The van der Waals surface area contributed by atoms with Crippen LogP contribution in [0.25, 0.3) is 11.1 Å². The lowest BCUT2D eigenvalue weighted by atomic mass is 10.00. The summed E-state index contributed by atoms with van der Waals surface area (Å²) in [5, 5.41) is 13.8. The minimum Gasteiger partial charge on any atom is -0.478 e. The zero-order chi connectivity index (χ0) is 21.5. The Hall–Kier alpha value is -3.35. The Kier molecular flexibility index (Phi) is 7.06. The number of hydrogen-bond acceptors (Lipinski definition) is 5. The molecule has 30 heavy (non-hydrogen) atoms. The normalized spacial score (nSPS) is 10.9. The van der Waals surface area contributed by atoms with Gasteiger partial charge in [0.15, 0.2) is 0 Å². The molecule has 156 valence electrons. The summed E-state index contributed by atoms with van der Waals surface area (Å²) >= 11 is 0. The van der Waals surface area contributed by atoms with Gasteiger partial charge in [-0.2, -0.15) is 0 Å². The first-order valence-electron chi connectivity index (χ1n) is 10.3. The minimum atomic E-state index is -0.982. The summed E-state index contributed by atoms with van der Waals surface area (Å²) in [6.45, 7) is 4.82. The van der Waals surface area contributed by atoms with E-state index in [1.807, 2.05) is 28.9 Å². The largest absolute Gasteiger partial charge is 0.478 e. The number of carboxylic acids is 1. The van der Waals surface area contributed by atoms with Crippen LogP contribution in [0.4, 0.5) is 0 Å². The van der Waals surface area contributed by atoms with Crippen LogP contribution in [0.5, 0.6) is 0 Å². The average molecular weight is 406 g/mol. The molecule has 3 aromatic rings. The van der Waals surface area contributed by atoms with Gasteiger partial charge in [0, 0.05) is 37.3 Å². The number of Topliss-reactive ketones (excluding diaryl/α,β-unsaturated/α-hetero) is 1. The van der Waals surface area contributed by atoms with E-state index in [1.165, 1.54) is 12.3 Å². The first-order chi connectivity index (χ1) is 14.5. The van der Waals surface area contributed by atoms with Crippen molar-refractivity contribution in [3.63, 3.8) is 0 Å². The number of hydrogen-bond donors (Lipinski definition) is 1. The number of benzene rings is 1. The van der Waals surface area contributed by atoms with Crippen LogP contribution in [0.1, 0.15) is 71.9 Å². The molecule has 0 radical (unpaired) electrons. The van der Waals surface area contributed by atoms with E-state index in [1.54, 1.807) is 6.20 Å². The van der Waals surface area contributed by atoms with E-state index in [2.05, 4.69) is 28.9 Å². The molecule has 0 aliphatic rings. The lowest BCUT2D eigenvalue weighted by Crippen LogP contribution is -2.06. The molecule has 7 heteroatoms. The summed E-state index contributed by atoms with van der Waals surface area (Å²) in [7, 11) is 0. The number of carbonyl (C=O) groups excluding carboxylic acids is 1. The molecule has 7 nitrogen and oxygen atoms in total. The average Bonchev–Trinajstić information content (AvgIpc) is 3.15. The Balaban J connectivity index is 1.82. The highest BCUT2D eigenvalue weighted by Crippen LogP contribution is 2.24. The molecule has 0 spiro atoms. The number of aromatic carboxylic acids is 1. The van der Waals surface area contributed by atoms with Crippen LogP contribution in [0.3, 0.4) is 0 Å². The molecule has 0 unspecified atom stereocenters. The molecule has 0 saturated heterocycles. The van der Waals surface area contributed by atoms with Gasteiger partial charge in [-0.05, 0) is 30.0 Å². The number of nitrogens with zero attached hydrogens (tertiary/aromatic N) is 4. The van der Waals surface area contributed by atoms with Gasteiger partial charge >= 0.3 is 5.97 Å². The molecule has 0 aliphatic carbocycles. The Labute approximate surface area is 175 Å². The fourth-order valence-electron chi connectivity index (χ4n) is 3.26. The Morgan fingerprint density at radius 2 is 1.83 bits per heavy atom. The Morgan fingerprint density at radius 3 is 2.50 bits per heavy atom. The fourth-order valence-corrected chi connectivity index (χ4v) is 3.26. The van der Waals surface area contributed by atoms with E-state index in [-0.39, 0.29) is 11.3 Å². The van der Waals surface area contributed by atoms with E-state index in [4.69, 9.17) is 0 Å². The van der Waals surface area contributed by atoms with Crippen molar-refractivity contribution >= 4 is 11.8 Å². The number of carboxylic acid groups (broad SMARTS) is 1. The molecular formula is C23H26N4O3. The molecule has 3 rings (SSSR count). The van der Waals surface area contributed by atoms with E-state index >= 15 is 0 Å². The molecular weight excluding hydrogens is 380 g/mol. The van der Waals surface area contributed by atoms with Crippen molar-refractivity contribution in [1.82, 2.24) is 19.7 Å². The SMILES string of the molecule is CCCCC(=O)c1nc(Cc2ccc(-c3cnccc3C(=O)O)cc2)n(CCC)n1. The summed E-state index contributed by atoms with van der Waals surface area (Å²) in [6.07, 6.45) is 6.75. The number of unbranched alkanes of at least 4 members (excludes halogenated alkanes) is 1. The molecule has 0 saturated carbocycles. The summed E-state index contributed by atoms with van der Waals surface area (Å²) in [6, 6.07) is 9.14. The number of aromatic nitrogens is 4. The second-order valence-corrected chi connectivity index (χ2v) is 7.20. The first-order valence-corrected chi connectivity index (χ1v) is 10.3. The van der Waals surface area contributed by atoms with Crippen molar-refractivity contribution in [3.05, 3.63) is 65.5 Å². The van der Waals surface area contributed by atoms with Gasteiger partial charge in [0.2, 0.25) is 11.6 Å². The fraction of sp³-hybridized carbons (Fsp3) is 0.348. The maximum absolute atomic E-state index is 12.3. The van der Waals surface area contributed by atoms with Crippen LogP contribution in [-0.2, 0) is 13.0 Å². The van der Waals surface area contributed by atoms with Gasteiger partial charge in [0.1, 0.15) is 5.82 Å². The topological polar surface area (TPSA) is 98.0 Å². The van der Waals surface area contributed by atoms with Crippen LogP contribution in [0.2, 0.25) is 0 Å². The monoisotopic (exact) mass is 406 g/mol. The van der Waals surface area contributed by atoms with Crippen LogP contribution >= 0.6 is 0 Å². The number of aryl methyl sites for hydroxylation is 1. The highest BCUT2D eigenvalue weighted by molar-refractivity contribution is 5.95. The van der Waals surface area contributed by atoms with Crippen molar-refractivity contribution < 1.29 is 14.7 Å². The molecule has 0 atom stereocenters. The zero-order valence-corrected chi connectivity index (χ0v) is 17.3. The van der Waals surface area contributed by atoms with Crippen molar-refractivity contribution in [2.45, 2.75) is 52.5 Å². The van der Waals surface area contributed by atoms with Crippen molar-refractivity contribution in [1.29, 1.82) is 0 Å². The third-order valence-corrected chi connectivity index (χ3v) is 4.87. The van der Waals surface area contributed by atoms with Gasteiger partial charge in [-0.25, -0.2) is 14.5 Å². The third kappa shape index (κ3) is 4.97. The van der Waals surface area contributed by atoms with Crippen molar-refractivity contribution in [2.75, 3.05) is 0 Å². The predicted molar refractivity (Wildman–Crippen MR) is 114 cm³/mol. The van der Waals surface area contributed by atoms with Gasteiger partial charge < -0.3 is 5.11 Å². The molecule has 1 aromatic carbocycles. The van der Waals surface area contributed by atoms with Crippen molar-refractivity contribution in [3.8, 4) is 11.1 Å². The zero-order valence-electron chi connectivity index (χ0n) is 17.3. The molecule has 1 N–H and O–H groups in total. The highest BCUT2D eigenvalue weighted by Gasteiger charge is 2.16. The minimum absolute atomic E-state index is 0.0129. The molecule has 0 amide bonds. The molecule has 2 heterocycles. The van der Waals surface area contributed by atoms with Crippen LogP contribution in [-0.4, -0.2) is 36.6 Å². The van der Waals surface area contributed by atoms with Gasteiger partial charge in [-0.3, -0.25) is 9.78 Å². The highest BCUT2D eigenvalue weighted by atomic mass is 16.4. The molecule has 0 bridgehead atoms. The predicted octanol–water partition coefficient (Wildman–Crippen LogP) is 4.41. The van der Waals surface area contributed by atoms with E-state index in [0.29, 0.717) is 30.8 Å². The standard InChI is InChI=1S/C23H26N4O3/c1-3-5-6-20(28)22-25-21(27(26-22)13-4-2)14-16-7-9-17(10-8-16)19-15-24-12-11-18(19)23(29)30/h7-12,15H,3-6,13-14H2,1-2H3,(H,29,30). The van der Waals surface area contributed by atoms with Crippen LogP contribution in [0, 0.1) is 0 Å². The lowest BCUT2D eigenvalue weighted by molar-refractivity contribution is 0.0697. The quantitative estimate of drug-likeness (QED) is 0.501. The van der Waals surface area contributed by atoms with Crippen LogP contribution in [0.15, 0.2) is 42.7 Å². The number of rotatable bonds is 10. The molecule has 0 aliphatic heterocycles. The van der Waals surface area contributed by atoms with Gasteiger partial charge in [-0.1, -0.05) is 44.5 Å². The maximum Gasteiger partial charge on any atom is 0.336 e. The van der Waals surface area contributed by atoms with Gasteiger partial charge in [0.25, 0.3) is 0 Å². The summed E-state index contributed by atoms with van der Waals surface area (Å²) in [5.74, 6) is 0.0625. The molecule has 0 fully saturated rings. The van der Waals surface area contributed by atoms with Gasteiger partial charge in [0.05, 0.1) is 5.56 Å². The smallest absolute Gasteiger partial charge is 0.336 e. The maximum atomic E-state index is 12.3. The van der Waals surface area contributed by atoms with Crippen molar-refractivity contribution in [2.24, 2.45) is 0 Å². The number of pyridine rings is 1. The van der Waals surface area contributed by atoms with Gasteiger partial charge in [-0.15, -0.1) is 5.10 Å². The number of ketones is 1. The Morgan fingerprint density at radius 1 is 1.07 bits per heavy atom. The van der Waals surface area contributed by atoms with E-state index in [0.717, 1.165) is 36.2 Å². The lowest BCUT2D eigenvalue weighted by Gasteiger charge is -2.08. The first kappa shape index (κ1) is 21.4. The summed E-state index contributed by atoms with van der Waals surface area (Å²) in [4.78, 5) is 32.3. The summed E-state index contributed by atoms with van der Waals surface area (Å²) < 4.78 is 1.82. The Bertz CT molecular complexity index is 1030. The third-order valence-electron chi connectivity index (χ3n) is 4.87. The summed E-state index contributed by atoms with van der Waals surface area (Å²) in [5.41, 5.74) is 2.59. The molecule has 2 aromatic heterocycles. The second kappa shape index (κ2) is 9.91.